The van der Waals surface area contributed by atoms with E-state index >= 15 is 0 Å². The van der Waals surface area contributed by atoms with Crippen LogP contribution in [0.2, 0.25) is 0 Å². The SMILES string of the molecule is Cc1ccc(C(=O)NCC2CCCN2S(C)(=O)=O)cc1. The van der Waals surface area contributed by atoms with Gasteiger partial charge in [0.05, 0.1) is 6.26 Å². The average Bonchev–Trinajstić information content (AvgIpc) is 2.85. The zero-order valence-electron chi connectivity index (χ0n) is 11.8. The first-order chi connectivity index (χ1) is 9.38. The van der Waals surface area contributed by atoms with E-state index < -0.39 is 10.0 Å². The lowest BCUT2D eigenvalue weighted by Crippen LogP contribution is -2.42. The van der Waals surface area contributed by atoms with E-state index in [9.17, 15) is 13.2 Å². The molecule has 1 aliphatic rings. The van der Waals surface area contributed by atoms with E-state index in [-0.39, 0.29) is 11.9 Å². The quantitative estimate of drug-likeness (QED) is 0.906. The molecule has 110 valence electrons. The Morgan fingerprint density at radius 2 is 2.00 bits per heavy atom. The molecule has 1 aromatic carbocycles. The van der Waals surface area contributed by atoms with Gasteiger partial charge in [0.15, 0.2) is 0 Å². The maximum atomic E-state index is 12.0. The second-order valence-corrected chi connectivity index (χ2v) is 7.18. The second kappa shape index (κ2) is 5.93. The van der Waals surface area contributed by atoms with Gasteiger partial charge in [-0.05, 0) is 31.9 Å². The molecule has 6 heteroatoms. The van der Waals surface area contributed by atoms with Gasteiger partial charge in [0.2, 0.25) is 10.0 Å². The Balaban J connectivity index is 1.95. The lowest BCUT2D eigenvalue weighted by Gasteiger charge is -2.22. The van der Waals surface area contributed by atoms with E-state index in [1.807, 2.05) is 19.1 Å². The first-order valence-corrected chi connectivity index (χ1v) is 8.54. The largest absolute Gasteiger partial charge is 0.350 e. The van der Waals surface area contributed by atoms with Crippen molar-refractivity contribution in [1.29, 1.82) is 0 Å². The highest BCUT2D eigenvalue weighted by atomic mass is 32.2. The first kappa shape index (κ1) is 15.0. The minimum atomic E-state index is -3.19. The Morgan fingerprint density at radius 1 is 1.35 bits per heavy atom. The molecule has 1 heterocycles. The van der Waals surface area contributed by atoms with Crippen molar-refractivity contribution in [1.82, 2.24) is 9.62 Å². The minimum absolute atomic E-state index is 0.126. The van der Waals surface area contributed by atoms with Gasteiger partial charge in [0.25, 0.3) is 5.91 Å². The maximum absolute atomic E-state index is 12.0. The Bertz CT molecular complexity index is 581. The van der Waals surface area contributed by atoms with Crippen molar-refractivity contribution in [2.45, 2.75) is 25.8 Å². The normalized spacial score (nSPS) is 20.0. The Morgan fingerprint density at radius 3 is 2.60 bits per heavy atom. The number of amides is 1. The number of rotatable bonds is 4. The molecule has 2 rings (SSSR count). The van der Waals surface area contributed by atoms with E-state index in [4.69, 9.17) is 0 Å². The summed E-state index contributed by atoms with van der Waals surface area (Å²) in [5.41, 5.74) is 1.69. The Kier molecular flexibility index (Phi) is 4.45. The summed E-state index contributed by atoms with van der Waals surface area (Å²) in [5.74, 6) is -0.162. The number of carbonyl (C=O) groups is 1. The lowest BCUT2D eigenvalue weighted by atomic mass is 10.1. The zero-order chi connectivity index (χ0) is 14.8. The number of nitrogens with one attached hydrogen (secondary N) is 1. The van der Waals surface area contributed by atoms with Crippen LogP contribution in [0.3, 0.4) is 0 Å². The van der Waals surface area contributed by atoms with Crippen LogP contribution >= 0.6 is 0 Å². The maximum Gasteiger partial charge on any atom is 0.251 e. The topological polar surface area (TPSA) is 66.5 Å². The summed E-state index contributed by atoms with van der Waals surface area (Å²) in [6.45, 7) is 2.87. The van der Waals surface area contributed by atoms with Crippen molar-refractivity contribution < 1.29 is 13.2 Å². The summed E-state index contributed by atoms with van der Waals surface area (Å²) in [5, 5.41) is 2.82. The van der Waals surface area contributed by atoms with Gasteiger partial charge in [-0.1, -0.05) is 17.7 Å². The molecular formula is C14H20N2O3S. The number of hydrogen-bond acceptors (Lipinski definition) is 3. The average molecular weight is 296 g/mol. The van der Waals surface area contributed by atoms with Crippen molar-refractivity contribution in [2.24, 2.45) is 0 Å². The molecule has 1 N–H and O–H groups in total. The molecule has 1 atom stereocenters. The summed E-state index contributed by atoms with van der Waals surface area (Å²) in [4.78, 5) is 12.0. The third kappa shape index (κ3) is 3.58. The predicted octanol–water partition coefficient (Wildman–Crippen LogP) is 1.15. The molecule has 1 aromatic rings. The Hall–Kier alpha value is -1.40. The van der Waals surface area contributed by atoms with Crippen LogP contribution in [0, 0.1) is 6.92 Å². The molecule has 0 saturated carbocycles. The van der Waals surface area contributed by atoms with Crippen LogP contribution in [0.1, 0.15) is 28.8 Å². The van der Waals surface area contributed by atoms with E-state index in [1.54, 1.807) is 12.1 Å². The van der Waals surface area contributed by atoms with Crippen molar-refractivity contribution in [3.63, 3.8) is 0 Å². The number of benzene rings is 1. The number of nitrogens with zero attached hydrogens (tertiary/aromatic N) is 1. The van der Waals surface area contributed by atoms with Crippen LogP contribution in [-0.2, 0) is 10.0 Å². The molecule has 0 aromatic heterocycles. The lowest BCUT2D eigenvalue weighted by molar-refractivity contribution is 0.0946. The number of hydrogen-bond donors (Lipinski definition) is 1. The van der Waals surface area contributed by atoms with Gasteiger partial charge in [-0.3, -0.25) is 4.79 Å². The van der Waals surface area contributed by atoms with Gasteiger partial charge in [-0.25, -0.2) is 8.42 Å². The van der Waals surface area contributed by atoms with E-state index in [0.29, 0.717) is 18.7 Å². The fourth-order valence-corrected chi connectivity index (χ4v) is 3.65. The van der Waals surface area contributed by atoms with Gasteiger partial charge in [-0.2, -0.15) is 4.31 Å². The molecule has 0 bridgehead atoms. The van der Waals surface area contributed by atoms with Crippen LogP contribution in [0.5, 0.6) is 0 Å². The smallest absolute Gasteiger partial charge is 0.251 e. The molecule has 1 unspecified atom stereocenters. The molecule has 0 spiro atoms. The highest BCUT2D eigenvalue weighted by Gasteiger charge is 2.31. The molecule has 0 aliphatic carbocycles. The van der Waals surface area contributed by atoms with Crippen LogP contribution in [0.15, 0.2) is 24.3 Å². The fourth-order valence-electron chi connectivity index (χ4n) is 2.47. The zero-order valence-corrected chi connectivity index (χ0v) is 12.6. The first-order valence-electron chi connectivity index (χ1n) is 6.69. The number of aryl methyl sites for hydroxylation is 1. The minimum Gasteiger partial charge on any atom is -0.350 e. The van der Waals surface area contributed by atoms with Crippen LogP contribution < -0.4 is 5.32 Å². The highest BCUT2D eigenvalue weighted by molar-refractivity contribution is 7.88. The van der Waals surface area contributed by atoms with E-state index in [0.717, 1.165) is 18.4 Å². The molecule has 1 fully saturated rings. The third-order valence-electron chi connectivity index (χ3n) is 3.56. The van der Waals surface area contributed by atoms with Gasteiger partial charge >= 0.3 is 0 Å². The summed E-state index contributed by atoms with van der Waals surface area (Å²) >= 11 is 0. The monoisotopic (exact) mass is 296 g/mol. The molecule has 5 nitrogen and oxygen atoms in total. The summed E-state index contributed by atoms with van der Waals surface area (Å²) in [6, 6.07) is 7.18. The molecule has 1 amide bonds. The van der Waals surface area contributed by atoms with Crippen LogP contribution in [-0.4, -0.2) is 44.0 Å². The van der Waals surface area contributed by atoms with Crippen LogP contribution in [0.25, 0.3) is 0 Å². The highest BCUT2D eigenvalue weighted by Crippen LogP contribution is 2.19. The number of sulfonamides is 1. The van der Waals surface area contributed by atoms with Crippen molar-refractivity contribution in [3.05, 3.63) is 35.4 Å². The van der Waals surface area contributed by atoms with Crippen molar-refractivity contribution in [3.8, 4) is 0 Å². The second-order valence-electron chi connectivity index (χ2n) is 5.25. The summed E-state index contributed by atoms with van der Waals surface area (Å²) < 4.78 is 24.7. The van der Waals surface area contributed by atoms with Gasteiger partial charge in [0, 0.05) is 24.7 Å². The molecule has 1 aliphatic heterocycles. The van der Waals surface area contributed by atoms with Gasteiger partial charge < -0.3 is 5.32 Å². The molecule has 1 saturated heterocycles. The van der Waals surface area contributed by atoms with E-state index in [1.165, 1.54) is 10.6 Å². The molecule has 20 heavy (non-hydrogen) atoms. The predicted molar refractivity (Wildman–Crippen MR) is 78.1 cm³/mol. The summed E-state index contributed by atoms with van der Waals surface area (Å²) in [6.07, 6.45) is 2.85. The molecule has 0 radical (unpaired) electrons. The fraction of sp³-hybridized carbons (Fsp3) is 0.500. The Labute approximate surface area is 120 Å². The van der Waals surface area contributed by atoms with Crippen molar-refractivity contribution >= 4 is 15.9 Å². The van der Waals surface area contributed by atoms with Gasteiger partial charge in [-0.15, -0.1) is 0 Å². The van der Waals surface area contributed by atoms with Crippen molar-refractivity contribution in [2.75, 3.05) is 19.3 Å². The van der Waals surface area contributed by atoms with E-state index in [2.05, 4.69) is 5.32 Å². The summed E-state index contributed by atoms with van der Waals surface area (Å²) in [7, 11) is -3.19. The molecular weight excluding hydrogens is 276 g/mol. The van der Waals surface area contributed by atoms with Crippen LogP contribution in [0.4, 0.5) is 0 Å². The van der Waals surface area contributed by atoms with Gasteiger partial charge in [0.1, 0.15) is 0 Å². The number of carbonyl (C=O) groups excluding carboxylic acids is 1. The standard InChI is InChI=1S/C14H20N2O3S/c1-11-5-7-12(8-6-11)14(17)15-10-13-4-3-9-16(13)20(2,18)19/h5-8,13H,3-4,9-10H2,1-2H3,(H,15,17). The third-order valence-corrected chi connectivity index (χ3v) is 4.89.